The second-order valence-corrected chi connectivity index (χ2v) is 6.31. The fraction of sp³-hybridized carbons (Fsp3) is 0.389. The summed E-state index contributed by atoms with van der Waals surface area (Å²) in [4.78, 5) is 16.0. The molecule has 0 bridgehead atoms. The van der Waals surface area contributed by atoms with Gasteiger partial charge in [0.05, 0.1) is 11.2 Å². The summed E-state index contributed by atoms with van der Waals surface area (Å²) < 4.78 is 2.15. The number of fused-ring (bicyclic) bond motifs is 1. The van der Waals surface area contributed by atoms with Crippen molar-refractivity contribution in [1.29, 1.82) is 0 Å². The minimum absolute atomic E-state index is 0.410. The summed E-state index contributed by atoms with van der Waals surface area (Å²) >= 11 is 0. The van der Waals surface area contributed by atoms with E-state index in [1.54, 1.807) is 0 Å². The molecule has 3 aromatic rings. The SMILES string of the molecule is CNc1nc(C2CCCN(c3ccnc(C)n3)C2)cn2cccc12. The zero-order chi connectivity index (χ0) is 16.5. The van der Waals surface area contributed by atoms with Gasteiger partial charge in [-0.25, -0.2) is 15.0 Å². The summed E-state index contributed by atoms with van der Waals surface area (Å²) in [6.45, 7) is 3.92. The fourth-order valence-electron chi connectivity index (χ4n) is 3.49. The molecule has 1 aliphatic rings. The third-order valence-electron chi connectivity index (χ3n) is 4.70. The fourth-order valence-corrected chi connectivity index (χ4v) is 3.49. The Morgan fingerprint density at radius 3 is 3.00 bits per heavy atom. The van der Waals surface area contributed by atoms with Crippen molar-refractivity contribution in [2.24, 2.45) is 0 Å². The topological polar surface area (TPSA) is 58.4 Å². The van der Waals surface area contributed by atoms with Gasteiger partial charge in [-0.1, -0.05) is 0 Å². The van der Waals surface area contributed by atoms with Crippen LogP contribution in [-0.2, 0) is 0 Å². The highest BCUT2D eigenvalue weighted by Gasteiger charge is 2.24. The Labute approximate surface area is 141 Å². The van der Waals surface area contributed by atoms with Gasteiger partial charge in [0.25, 0.3) is 0 Å². The molecular formula is C18H22N6. The Morgan fingerprint density at radius 1 is 1.25 bits per heavy atom. The molecule has 0 amide bonds. The molecule has 4 rings (SSSR count). The van der Waals surface area contributed by atoms with Gasteiger partial charge in [0.1, 0.15) is 17.5 Å². The third-order valence-corrected chi connectivity index (χ3v) is 4.70. The summed E-state index contributed by atoms with van der Waals surface area (Å²) in [6, 6.07) is 6.13. The number of hydrogen-bond acceptors (Lipinski definition) is 5. The van der Waals surface area contributed by atoms with Crippen molar-refractivity contribution in [3.05, 3.63) is 48.3 Å². The lowest BCUT2D eigenvalue weighted by Gasteiger charge is -2.33. The Kier molecular flexibility index (Phi) is 3.80. The molecule has 0 saturated carbocycles. The molecule has 0 aromatic carbocycles. The van der Waals surface area contributed by atoms with E-state index >= 15 is 0 Å². The van der Waals surface area contributed by atoms with Crippen LogP contribution in [0.3, 0.4) is 0 Å². The largest absolute Gasteiger partial charge is 0.371 e. The highest BCUT2D eigenvalue weighted by atomic mass is 15.2. The van der Waals surface area contributed by atoms with Crippen LogP contribution < -0.4 is 10.2 Å². The number of piperidine rings is 1. The van der Waals surface area contributed by atoms with E-state index in [9.17, 15) is 0 Å². The second-order valence-electron chi connectivity index (χ2n) is 6.31. The van der Waals surface area contributed by atoms with Crippen LogP contribution in [0.4, 0.5) is 11.6 Å². The van der Waals surface area contributed by atoms with E-state index in [0.29, 0.717) is 5.92 Å². The van der Waals surface area contributed by atoms with Crippen LogP contribution >= 0.6 is 0 Å². The number of aromatic nitrogens is 4. The zero-order valence-corrected chi connectivity index (χ0v) is 14.1. The Balaban J connectivity index is 1.64. The molecule has 6 nitrogen and oxygen atoms in total. The monoisotopic (exact) mass is 322 g/mol. The van der Waals surface area contributed by atoms with E-state index in [1.807, 2.05) is 26.2 Å². The van der Waals surface area contributed by atoms with Gasteiger partial charge in [-0.15, -0.1) is 0 Å². The van der Waals surface area contributed by atoms with Gasteiger partial charge in [0.2, 0.25) is 0 Å². The van der Waals surface area contributed by atoms with Crippen molar-refractivity contribution >= 4 is 17.2 Å². The zero-order valence-electron chi connectivity index (χ0n) is 14.1. The van der Waals surface area contributed by atoms with Crippen molar-refractivity contribution in [2.75, 3.05) is 30.4 Å². The lowest BCUT2D eigenvalue weighted by molar-refractivity contribution is 0.497. The van der Waals surface area contributed by atoms with Gasteiger partial charge >= 0.3 is 0 Å². The van der Waals surface area contributed by atoms with E-state index in [1.165, 1.54) is 0 Å². The number of nitrogens with one attached hydrogen (secondary N) is 1. The summed E-state index contributed by atoms with van der Waals surface area (Å²) in [5.74, 6) is 3.18. The Hall–Kier alpha value is -2.63. The molecular weight excluding hydrogens is 300 g/mol. The van der Waals surface area contributed by atoms with Crippen LogP contribution in [0.5, 0.6) is 0 Å². The summed E-state index contributed by atoms with van der Waals surface area (Å²) in [5.41, 5.74) is 2.25. The number of anilines is 2. The normalized spacial score (nSPS) is 18.1. The first-order valence-corrected chi connectivity index (χ1v) is 8.44. The molecule has 0 radical (unpaired) electrons. The highest BCUT2D eigenvalue weighted by molar-refractivity contribution is 5.68. The third kappa shape index (κ3) is 2.68. The summed E-state index contributed by atoms with van der Waals surface area (Å²) in [6.07, 6.45) is 8.38. The standard InChI is InChI=1S/C18H22N6/c1-13-20-8-7-17(21-13)24-10-3-5-14(11-24)15-12-23-9-4-6-16(23)18(19-2)22-15/h4,6-9,12,14H,3,5,10-11H2,1-2H3,(H,19,22). The van der Waals surface area contributed by atoms with Gasteiger partial charge in [-0.2, -0.15) is 0 Å². The molecule has 1 atom stereocenters. The van der Waals surface area contributed by atoms with Crippen LogP contribution in [-0.4, -0.2) is 39.5 Å². The van der Waals surface area contributed by atoms with E-state index in [-0.39, 0.29) is 0 Å². The molecule has 6 heteroatoms. The maximum atomic E-state index is 4.87. The number of aryl methyl sites for hydroxylation is 1. The number of nitrogens with zero attached hydrogens (tertiary/aromatic N) is 5. The highest BCUT2D eigenvalue weighted by Crippen LogP contribution is 2.29. The summed E-state index contributed by atoms with van der Waals surface area (Å²) in [7, 11) is 1.93. The minimum atomic E-state index is 0.410. The molecule has 4 heterocycles. The predicted molar refractivity (Wildman–Crippen MR) is 95.7 cm³/mol. The van der Waals surface area contributed by atoms with Gasteiger partial charge in [0.15, 0.2) is 0 Å². The quantitative estimate of drug-likeness (QED) is 0.803. The molecule has 24 heavy (non-hydrogen) atoms. The number of rotatable bonds is 3. The van der Waals surface area contributed by atoms with Crippen LogP contribution in [0.25, 0.3) is 5.52 Å². The molecule has 1 unspecified atom stereocenters. The summed E-state index contributed by atoms with van der Waals surface area (Å²) in [5, 5.41) is 3.22. The van der Waals surface area contributed by atoms with Gasteiger partial charge in [-0.3, -0.25) is 0 Å². The van der Waals surface area contributed by atoms with Crippen LogP contribution in [0.2, 0.25) is 0 Å². The van der Waals surface area contributed by atoms with Gasteiger partial charge in [-0.05, 0) is 38.0 Å². The molecule has 1 aliphatic heterocycles. The first kappa shape index (κ1) is 14.9. The van der Waals surface area contributed by atoms with Crippen molar-refractivity contribution < 1.29 is 0 Å². The Morgan fingerprint density at radius 2 is 2.17 bits per heavy atom. The van der Waals surface area contributed by atoms with E-state index < -0.39 is 0 Å². The average molecular weight is 322 g/mol. The van der Waals surface area contributed by atoms with Crippen molar-refractivity contribution in [3.63, 3.8) is 0 Å². The Bertz CT molecular complexity index is 856. The molecule has 0 spiro atoms. The van der Waals surface area contributed by atoms with Crippen molar-refractivity contribution in [1.82, 2.24) is 19.4 Å². The first-order chi connectivity index (χ1) is 11.7. The van der Waals surface area contributed by atoms with Crippen LogP contribution in [0, 0.1) is 6.92 Å². The maximum absolute atomic E-state index is 4.87. The van der Waals surface area contributed by atoms with Crippen molar-refractivity contribution in [2.45, 2.75) is 25.7 Å². The maximum Gasteiger partial charge on any atom is 0.150 e. The van der Waals surface area contributed by atoms with Crippen LogP contribution in [0.1, 0.15) is 30.3 Å². The number of hydrogen-bond donors (Lipinski definition) is 1. The van der Waals surface area contributed by atoms with Gasteiger partial charge in [0, 0.05) is 44.6 Å². The molecule has 124 valence electrons. The van der Waals surface area contributed by atoms with Crippen molar-refractivity contribution in [3.8, 4) is 0 Å². The molecule has 1 fully saturated rings. The smallest absolute Gasteiger partial charge is 0.150 e. The lowest BCUT2D eigenvalue weighted by atomic mass is 9.95. The molecule has 1 saturated heterocycles. The minimum Gasteiger partial charge on any atom is -0.371 e. The van der Waals surface area contributed by atoms with Gasteiger partial charge < -0.3 is 14.6 Å². The van der Waals surface area contributed by atoms with E-state index in [2.05, 4.69) is 49.1 Å². The molecule has 0 aliphatic carbocycles. The van der Waals surface area contributed by atoms with E-state index in [4.69, 9.17) is 4.98 Å². The van der Waals surface area contributed by atoms with E-state index in [0.717, 1.165) is 54.6 Å². The molecule has 1 N–H and O–H groups in total. The first-order valence-electron chi connectivity index (χ1n) is 8.44. The predicted octanol–water partition coefficient (Wildman–Crippen LogP) is 2.86. The lowest BCUT2D eigenvalue weighted by Crippen LogP contribution is -2.35. The molecule has 3 aromatic heterocycles. The second kappa shape index (κ2) is 6.11. The average Bonchev–Trinajstić information content (AvgIpc) is 3.09. The van der Waals surface area contributed by atoms with Crippen LogP contribution in [0.15, 0.2) is 36.8 Å².